The van der Waals surface area contributed by atoms with Gasteiger partial charge in [-0.25, -0.2) is 28.1 Å². The number of nitrogen functional groups attached to an aromatic ring is 1. The summed E-state index contributed by atoms with van der Waals surface area (Å²) in [6, 6.07) is 19.0. The summed E-state index contributed by atoms with van der Waals surface area (Å²) in [5.41, 5.74) is 9.52. The Labute approximate surface area is 254 Å². The average Bonchev–Trinajstić information content (AvgIpc) is 2.99. The molecule has 0 aliphatic carbocycles. The lowest BCUT2D eigenvalue weighted by molar-refractivity contribution is -0.115. The minimum Gasteiger partial charge on any atom is -0.383 e. The van der Waals surface area contributed by atoms with Crippen molar-refractivity contribution >= 4 is 45.1 Å². The van der Waals surface area contributed by atoms with E-state index in [9.17, 15) is 23.7 Å². The first-order valence-corrected chi connectivity index (χ1v) is 15.6. The molecule has 4 rings (SSSR count). The monoisotopic (exact) mass is 612 g/mol. The number of nitriles is 2. The van der Waals surface area contributed by atoms with Crippen LogP contribution in [0.4, 0.5) is 17.5 Å². The maximum absolute atomic E-state index is 13.3. The number of benzene rings is 2. The third-order valence-electron chi connectivity index (χ3n) is 6.44. The summed E-state index contributed by atoms with van der Waals surface area (Å²) < 4.78 is 27.8. The summed E-state index contributed by atoms with van der Waals surface area (Å²) in [6.45, 7) is 5.56. The fourth-order valence-corrected chi connectivity index (χ4v) is 6.12. The van der Waals surface area contributed by atoms with Crippen LogP contribution in [0.2, 0.25) is 0 Å². The van der Waals surface area contributed by atoms with Gasteiger partial charge in [0.1, 0.15) is 28.5 Å². The maximum Gasteiger partial charge on any atom is 0.264 e. The number of carbonyl (C=O) groups is 1. The fraction of sp³-hybridized carbons (Fsp3) is 0.200. The minimum absolute atomic E-state index is 0.0321. The Hall–Kier alpha value is -4.98. The first kappa shape index (κ1) is 31.0. The highest BCUT2D eigenvalue weighted by molar-refractivity contribution is 8.00. The zero-order chi connectivity index (χ0) is 31.1. The second-order valence-electron chi connectivity index (χ2n) is 9.36. The third kappa shape index (κ3) is 7.09. The number of aromatic nitrogens is 3. The molecule has 2 aromatic carbocycles. The Morgan fingerprint density at radius 2 is 1.67 bits per heavy atom. The van der Waals surface area contributed by atoms with Gasteiger partial charge in [-0.2, -0.15) is 10.5 Å². The molecule has 0 spiro atoms. The number of nitrogens with two attached hydrogens (primary N) is 1. The van der Waals surface area contributed by atoms with Gasteiger partial charge < -0.3 is 11.1 Å². The van der Waals surface area contributed by atoms with Crippen LogP contribution in [0.15, 0.2) is 70.7 Å². The van der Waals surface area contributed by atoms with Gasteiger partial charge in [0.15, 0.2) is 0 Å². The molecule has 0 fully saturated rings. The fourth-order valence-electron chi connectivity index (χ4n) is 4.15. The highest BCUT2D eigenvalue weighted by atomic mass is 32.2. The van der Waals surface area contributed by atoms with Crippen LogP contribution < -0.4 is 15.8 Å². The molecule has 4 aromatic rings. The van der Waals surface area contributed by atoms with E-state index in [1.807, 2.05) is 38.1 Å². The van der Waals surface area contributed by atoms with Crippen molar-refractivity contribution in [2.45, 2.75) is 48.8 Å². The molecule has 13 heteroatoms. The Balaban J connectivity index is 1.56. The molecule has 1 amide bonds. The minimum atomic E-state index is -3.95. The molecular formula is C30H28N8O3S2. The number of carbonyl (C=O) groups excluding carboxylic acids is 1. The number of nitrogens with one attached hydrogen (secondary N) is 2. The summed E-state index contributed by atoms with van der Waals surface area (Å²) in [4.78, 5) is 25.5. The smallest absolute Gasteiger partial charge is 0.264 e. The number of thioether (sulfide) groups is 1. The lowest BCUT2D eigenvalue weighted by Gasteiger charge is -2.18. The van der Waals surface area contributed by atoms with Crippen LogP contribution in [-0.4, -0.2) is 34.5 Å². The van der Waals surface area contributed by atoms with Gasteiger partial charge in [0.2, 0.25) is 11.9 Å². The van der Waals surface area contributed by atoms with Gasteiger partial charge in [0, 0.05) is 23.1 Å². The van der Waals surface area contributed by atoms with E-state index in [0.29, 0.717) is 28.9 Å². The molecule has 43 heavy (non-hydrogen) atoms. The quantitative estimate of drug-likeness (QED) is 0.205. The predicted molar refractivity (Wildman–Crippen MR) is 165 cm³/mol. The number of nitrogens with zero attached hydrogens (tertiary/aromatic N) is 5. The number of anilines is 3. The summed E-state index contributed by atoms with van der Waals surface area (Å²) >= 11 is 1.07. The van der Waals surface area contributed by atoms with E-state index in [1.54, 1.807) is 13.0 Å². The molecule has 0 saturated carbocycles. The van der Waals surface area contributed by atoms with Gasteiger partial charge in [0.25, 0.3) is 10.0 Å². The van der Waals surface area contributed by atoms with Crippen molar-refractivity contribution in [1.29, 1.82) is 10.5 Å². The standard InChI is InChI=1S/C30H28N8O3S2/c1-4-19-6-8-20(9-7-19)26-23(16-31)27(33)37-29(24(26)17-32)42-25(5-2)28(39)36-21-10-12-22(13-11-21)43(40,41)38-30-34-15-14-18(3)35-30/h6-15,25H,4-5H2,1-3H3,(H2,33,37)(H,36,39)(H,34,35,38). The normalized spacial score (nSPS) is 11.7. The van der Waals surface area contributed by atoms with E-state index < -0.39 is 15.3 Å². The highest BCUT2D eigenvalue weighted by Crippen LogP contribution is 2.38. The van der Waals surface area contributed by atoms with Gasteiger partial charge in [0.05, 0.1) is 15.7 Å². The maximum atomic E-state index is 13.3. The van der Waals surface area contributed by atoms with Crippen LogP contribution in [-0.2, 0) is 21.2 Å². The summed E-state index contributed by atoms with van der Waals surface area (Å²) in [5.74, 6) is -0.456. The molecule has 0 radical (unpaired) electrons. The average molecular weight is 613 g/mol. The van der Waals surface area contributed by atoms with Crippen molar-refractivity contribution in [2.75, 3.05) is 15.8 Å². The molecule has 0 aliphatic heterocycles. The molecule has 11 nitrogen and oxygen atoms in total. The number of hydrogen-bond donors (Lipinski definition) is 3. The molecule has 0 aliphatic rings. The van der Waals surface area contributed by atoms with Crippen molar-refractivity contribution in [3.05, 3.63) is 83.2 Å². The van der Waals surface area contributed by atoms with Crippen LogP contribution in [0.5, 0.6) is 0 Å². The summed E-state index contributed by atoms with van der Waals surface area (Å²) in [6.07, 6.45) is 2.67. The Bertz CT molecular complexity index is 1850. The van der Waals surface area contributed by atoms with E-state index in [4.69, 9.17) is 5.73 Å². The SMILES string of the molecule is CCc1ccc(-c2c(C#N)c(N)nc(SC(CC)C(=O)Nc3ccc(S(=O)(=O)Nc4nccc(C)n4)cc3)c2C#N)cc1. The van der Waals surface area contributed by atoms with Crippen molar-refractivity contribution in [1.82, 2.24) is 15.0 Å². The number of rotatable bonds is 10. The molecule has 2 aromatic heterocycles. The Morgan fingerprint density at radius 1 is 1.00 bits per heavy atom. The van der Waals surface area contributed by atoms with Crippen LogP contribution in [0.3, 0.4) is 0 Å². The molecule has 4 N–H and O–H groups in total. The Kier molecular flexibility index (Phi) is 9.60. The molecule has 2 heterocycles. The van der Waals surface area contributed by atoms with E-state index in [1.165, 1.54) is 30.5 Å². The molecular weight excluding hydrogens is 585 g/mol. The second-order valence-corrected chi connectivity index (χ2v) is 12.2. The van der Waals surface area contributed by atoms with E-state index in [-0.39, 0.29) is 38.7 Å². The van der Waals surface area contributed by atoms with E-state index in [0.717, 1.165) is 23.7 Å². The molecule has 0 bridgehead atoms. The number of pyridine rings is 1. The second kappa shape index (κ2) is 13.3. The summed E-state index contributed by atoms with van der Waals surface area (Å²) in [7, 11) is -3.95. The van der Waals surface area contributed by atoms with Crippen molar-refractivity contribution in [2.24, 2.45) is 0 Å². The lowest BCUT2D eigenvalue weighted by atomic mass is 9.96. The topological polar surface area (TPSA) is 188 Å². The zero-order valence-electron chi connectivity index (χ0n) is 23.6. The zero-order valence-corrected chi connectivity index (χ0v) is 25.3. The van der Waals surface area contributed by atoms with Gasteiger partial charge in [-0.3, -0.25) is 4.79 Å². The number of amides is 1. The van der Waals surface area contributed by atoms with E-state index in [2.05, 4.69) is 37.1 Å². The van der Waals surface area contributed by atoms with Crippen LogP contribution in [0.25, 0.3) is 11.1 Å². The number of aryl methyl sites for hydroxylation is 2. The molecule has 0 saturated heterocycles. The molecule has 1 unspecified atom stereocenters. The molecule has 218 valence electrons. The highest BCUT2D eigenvalue weighted by Gasteiger charge is 2.26. The van der Waals surface area contributed by atoms with Crippen LogP contribution in [0, 0.1) is 29.6 Å². The summed E-state index contributed by atoms with van der Waals surface area (Å²) in [5, 5.41) is 22.3. The lowest BCUT2D eigenvalue weighted by Crippen LogP contribution is -2.25. The van der Waals surface area contributed by atoms with Crippen molar-refractivity contribution in [3.63, 3.8) is 0 Å². The predicted octanol–water partition coefficient (Wildman–Crippen LogP) is 5.05. The number of sulfonamides is 1. The van der Waals surface area contributed by atoms with Gasteiger partial charge in [-0.05, 0) is 61.2 Å². The van der Waals surface area contributed by atoms with Crippen LogP contribution >= 0.6 is 11.8 Å². The largest absolute Gasteiger partial charge is 0.383 e. The first-order valence-electron chi connectivity index (χ1n) is 13.2. The van der Waals surface area contributed by atoms with Gasteiger partial charge in [-0.15, -0.1) is 0 Å². The van der Waals surface area contributed by atoms with Crippen LogP contribution in [0.1, 0.15) is 42.7 Å². The third-order valence-corrected chi connectivity index (χ3v) is 9.13. The van der Waals surface area contributed by atoms with Gasteiger partial charge in [-0.1, -0.05) is 49.9 Å². The molecule has 1 atom stereocenters. The van der Waals surface area contributed by atoms with Gasteiger partial charge >= 0.3 is 0 Å². The Morgan fingerprint density at radius 3 is 2.26 bits per heavy atom. The van der Waals surface area contributed by atoms with E-state index >= 15 is 0 Å². The van der Waals surface area contributed by atoms with Crippen molar-refractivity contribution in [3.8, 4) is 23.3 Å². The first-order chi connectivity index (χ1) is 20.6. The van der Waals surface area contributed by atoms with Crippen molar-refractivity contribution < 1.29 is 13.2 Å². The number of hydrogen-bond acceptors (Lipinski definition) is 10.